The maximum atomic E-state index is 10.3. The molecule has 1 aliphatic rings. The largest absolute Gasteiger partial charge is 0.506 e. The van der Waals surface area contributed by atoms with Crippen LogP contribution in [0.1, 0.15) is 37.7 Å². The number of aromatic hydroxyl groups is 1. The lowest BCUT2D eigenvalue weighted by atomic mass is 9.85. The van der Waals surface area contributed by atoms with Gasteiger partial charge in [0.25, 0.3) is 0 Å². The van der Waals surface area contributed by atoms with Gasteiger partial charge >= 0.3 is 0 Å². The van der Waals surface area contributed by atoms with Crippen LogP contribution >= 0.6 is 0 Å². The summed E-state index contributed by atoms with van der Waals surface area (Å²) in [5.41, 5.74) is 1.21. The van der Waals surface area contributed by atoms with E-state index < -0.39 is 5.60 Å². The molecule has 17 heavy (non-hydrogen) atoms. The average molecular weight is 235 g/mol. The number of aryl methyl sites for hydroxylation is 1. The molecule has 94 valence electrons. The Morgan fingerprint density at radius 2 is 1.94 bits per heavy atom. The molecule has 1 fully saturated rings. The number of rotatable bonds is 3. The molecule has 0 unspecified atom stereocenters. The molecule has 1 aliphatic carbocycles. The minimum Gasteiger partial charge on any atom is -0.506 e. The third-order valence-corrected chi connectivity index (χ3v) is 3.54. The summed E-state index contributed by atoms with van der Waals surface area (Å²) < 4.78 is 0. The first-order valence-corrected chi connectivity index (χ1v) is 6.35. The van der Waals surface area contributed by atoms with Gasteiger partial charge in [0.15, 0.2) is 0 Å². The summed E-state index contributed by atoms with van der Waals surface area (Å²) in [5.74, 6) is 0.245. The topological polar surface area (TPSA) is 52.5 Å². The highest BCUT2D eigenvalue weighted by Gasteiger charge is 2.28. The number of benzene rings is 1. The van der Waals surface area contributed by atoms with Gasteiger partial charge in [-0.1, -0.05) is 25.3 Å². The van der Waals surface area contributed by atoms with Crippen LogP contribution < -0.4 is 5.32 Å². The molecule has 3 N–H and O–H groups in total. The molecule has 0 radical (unpaired) electrons. The molecule has 1 saturated carbocycles. The van der Waals surface area contributed by atoms with Crippen molar-refractivity contribution in [1.82, 2.24) is 0 Å². The Morgan fingerprint density at radius 3 is 2.65 bits per heavy atom. The van der Waals surface area contributed by atoms with Gasteiger partial charge in [0.2, 0.25) is 0 Å². The zero-order valence-electron chi connectivity index (χ0n) is 10.4. The summed E-state index contributed by atoms with van der Waals surface area (Å²) in [4.78, 5) is 0. The number of nitrogens with one attached hydrogen (secondary N) is 1. The fraction of sp³-hybridized carbons (Fsp3) is 0.571. The number of anilines is 1. The maximum absolute atomic E-state index is 10.3. The summed E-state index contributed by atoms with van der Waals surface area (Å²) in [5, 5.41) is 23.2. The lowest BCUT2D eigenvalue weighted by molar-refractivity contribution is 0.0167. The Hall–Kier alpha value is -1.22. The lowest BCUT2D eigenvalue weighted by Crippen LogP contribution is -2.38. The van der Waals surface area contributed by atoms with Gasteiger partial charge in [-0.15, -0.1) is 0 Å². The number of hydrogen-bond acceptors (Lipinski definition) is 3. The molecule has 1 aromatic rings. The van der Waals surface area contributed by atoms with Gasteiger partial charge in [0, 0.05) is 6.54 Å². The van der Waals surface area contributed by atoms with Crippen molar-refractivity contribution in [2.45, 2.75) is 44.6 Å². The van der Waals surface area contributed by atoms with Crippen LogP contribution in [0.25, 0.3) is 0 Å². The van der Waals surface area contributed by atoms with Gasteiger partial charge in [0.1, 0.15) is 5.75 Å². The SMILES string of the molecule is Cc1ccc(O)c(NCC2(O)CCCCC2)c1. The van der Waals surface area contributed by atoms with Crippen LogP contribution in [0, 0.1) is 6.92 Å². The molecular weight excluding hydrogens is 214 g/mol. The molecule has 0 atom stereocenters. The van der Waals surface area contributed by atoms with E-state index in [1.165, 1.54) is 6.42 Å². The van der Waals surface area contributed by atoms with E-state index in [0.29, 0.717) is 12.2 Å². The summed E-state index contributed by atoms with van der Waals surface area (Å²) in [6.45, 7) is 2.50. The molecule has 3 heteroatoms. The summed E-state index contributed by atoms with van der Waals surface area (Å²) in [6.07, 6.45) is 5.12. The van der Waals surface area contributed by atoms with Gasteiger partial charge in [0.05, 0.1) is 11.3 Å². The van der Waals surface area contributed by atoms with Crippen LogP contribution in [0.4, 0.5) is 5.69 Å². The predicted octanol–water partition coefficient (Wildman–Crippen LogP) is 2.81. The second kappa shape index (κ2) is 4.96. The predicted molar refractivity (Wildman–Crippen MR) is 69.4 cm³/mol. The van der Waals surface area contributed by atoms with Crippen molar-refractivity contribution in [1.29, 1.82) is 0 Å². The molecule has 0 amide bonds. The first kappa shape index (κ1) is 12.2. The first-order valence-electron chi connectivity index (χ1n) is 6.35. The van der Waals surface area contributed by atoms with E-state index in [4.69, 9.17) is 0 Å². The highest BCUT2D eigenvalue weighted by atomic mass is 16.3. The van der Waals surface area contributed by atoms with E-state index in [2.05, 4.69) is 5.32 Å². The van der Waals surface area contributed by atoms with Gasteiger partial charge in [-0.05, 0) is 37.5 Å². The minimum absolute atomic E-state index is 0.245. The maximum Gasteiger partial charge on any atom is 0.138 e. The number of phenols is 1. The van der Waals surface area contributed by atoms with E-state index >= 15 is 0 Å². The van der Waals surface area contributed by atoms with Crippen LogP contribution in [0.15, 0.2) is 18.2 Å². The Morgan fingerprint density at radius 1 is 1.24 bits per heavy atom. The van der Waals surface area contributed by atoms with Gasteiger partial charge in [-0.2, -0.15) is 0 Å². The molecule has 0 saturated heterocycles. The fourth-order valence-corrected chi connectivity index (χ4v) is 2.44. The van der Waals surface area contributed by atoms with Crippen molar-refractivity contribution in [3.63, 3.8) is 0 Å². The smallest absolute Gasteiger partial charge is 0.138 e. The number of phenolic OH excluding ortho intramolecular Hbond substituents is 1. The fourth-order valence-electron chi connectivity index (χ4n) is 2.44. The molecule has 3 nitrogen and oxygen atoms in total. The monoisotopic (exact) mass is 235 g/mol. The number of hydrogen-bond donors (Lipinski definition) is 3. The molecule has 0 heterocycles. The quantitative estimate of drug-likeness (QED) is 0.706. The molecular formula is C14H21NO2. The van der Waals surface area contributed by atoms with Crippen molar-refractivity contribution in [2.24, 2.45) is 0 Å². The molecule has 0 spiro atoms. The van der Waals surface area contributed by atoms with E-state index in [1.807, 2.05) is 19.1 Å². The van der Waals surface area contributed by atoms with E-state index in [1.54, 1.807) is 6.07 Å². The highest BCUT2D eigenvalue weighted by molar-refractivity contribution is 5.57. The van der Waals surface area contributed by atoms with Crippen molar-refractivity contribution < 1.29 is 10.2 Å². The third kappa shape index (κ3) is 3.13. The van der Waals surface area contributed by atoms with Crippen molar-refractivity contribution in [3.05, 3.63) is 23.8 Å². The second-order valence-electron chi connectivity index (χ2n) is 5.16. The molecule has 2 rings (SSSR count). The first-order chi connectivity index (χ1) is 8.09. The van der Waals surface area contributed by atoms with E-state index in [9.17, 15) is 10.2 Å². The lowest BCUT2D eigenvalue weighted by Gasteiger charge is -2.32. The van der Waals surface area contributed by atoms with Crippen LogP contribution in [-0.2, 0) is 0 Å². The zero-order valence-corrected chi connectivity index (χ0v) is 10.4. The van der Waals surface area contributed by atoms with Crippen molar-refractivity contribution in [3.8, 4) is 5.75 Å². The summed E-state index contributed by atoms with van der Waals surface area (Å²) >= 11 is 0. The Kier molecular flexibility index (Phi) is 3.57. The van der Waals surface area contributed by atoms with Crippen molar-refractivity contribution >= 4 is 5.69 Å². The summed E-state index contributed by atoms with van der Waals surface area (Å²) in [7, 11) is 0. The Balaban J connectivity index is 1.99. The zero-order chi connectivity index (χ0) is 12.3. The van der Waals surface area contributed by atoms with Crippen LogP contribution in [-0.4, -0.2) is 22.4 Å². The van der Waals surface area contributed by atoms with Crippen LogP contribution in [0.2, 0.25) is 0 Å². The molecule has 0 aliphatic heterocycles. The highest BCUT2D eigenvalue weighted by Crippen LogP contribution is 2.30. The number of aliphatic hydroxyl groups is 1. The minimum atomic E-state index is -0.603. The van der Waals surface area contributed by atoms with E-state index in [0.717, 1.165) is 31.2 Å². The van der Waals surface area contributed by atoms with Crippen LogP contribution in [0.3, 0.4) is 0 Å². The van der Waals surface area contributed by atoms with Gasteiger partial charge < -0.3 is 15.5 Å². The average Bonchev–Trinajstić information content (AvgIpc) is 2.31. The normalized spacial score (nSPS) is 18.9. The molecule has 0 bridgehead atoms. The summed E-state index contributed by atoms with van der Waals surface area (Å²) in [6, 6.07) is 5.46. The van der Waals surface area contributed by atoms with Crippen molar-refractivity contribution in [2.75, 3.05) is 11.9 Å². The van der Waals surface area contributed by atoms with Gasteiger partial charge in [-0.25, -0.2) is 0 Å². The standard InChI is InChI=1S/C14H21NO2/c1-11-5-6-13(16)12(9-11)15-10-14(17)7-3-2-4-8-14/h5-6,9,15-17H,2-4,7-8,10H2,1H3. The Labute approximate surface area is 102 Å². The third-order valence-electron chi connectivity index (χ3n) is 3.54. The Bertz CT molecular complexity index is 384. The molecule has 0 aromatic heterocycles. The molecule has 1 aromatic carbocycles. The second-order valence-corrected chi connectivity index (χ2v) is 5.16. The van der Waals surface area contributed by atoms with Crippen LogP contribution in [0.5, 0.6) is 5.75 Å². The van der Waals surface area contributed by atoms with E-state index in [-0.39, 0.29) is 5.75 Å². The van der Waals surface area contributed by atoms with Gasteiger partial charge in [-0.3, -0.25) is 0 Å².